The van der Waals surface area contributed by atoms with Gasteiger partial charge in [0.15, 0.2) is 34.6 Å². The molecule has 19 nitrogen and oxygen atoms in total. The predicted molar refractivity (Wildman–Crippen MR) is 274 cm³/mol. The Kier molecular flexibility index (Phi) is 20.2. The number of thiazole rings is 1. The molecule has 0 aliphatic heterocycles. The van der Waals surface area contributed by atoms with Gasteiger partial charge in [-0.1, -0.05) is 80.1 Å². The minimum atomic E-state index is -0.800. The zero-order valence-corrected chi connectivity index (χ0v) is 40.8. The molecule has 6 aromatic rings. The van der Waals surface area contributed by atoms with Gasteiger partial charge in [-0.3, -0.25) is 15.0 Å². The number of ketones is 2. The summed E-state index contributed by atoms with van der Waals surface area (Å²) in [5.41, 5.74) is 6.30. The average Bonchev–Trinajstić information content (AvgIpc) is 3.85. The number of para-hydroxylation sites is 1. The van der Waals surface area contributed by atoms with Crippen molar-refractivity contribution >= 4 is 74.3 Å². The molecule has 0 radical (unpaired) electrons. The third-order valence-electron chi connectivity index (χ3n) is 10.2. The lowest BCUT2D eigenvalue weighted by Gasteiger charge is -2.14. The maximum atomic E-state index is 13.7. The minimum absolute atomic E-state index is 0.0168. The van der Waals surface area contributed by atoms with E-state index in [2.05, 4.69) is 41.8 Å². The molecule has 0 bridgehead atoms. The van der Waals surface area contributed by atoms with Gasteiger partial charge in [0.25, 0.3) is 0 Å². The Morgan fingerprint density at radius 3 is 1.63 bits per heavy atom. The van der Waals surface area contributed by atoms with Crippen LogP contribution in [0.5, 0.6) is 28.7 Å². The second kappa shape index (κ2) is 27.8. The highest BCUT2D eigenvalue weighted by Crippen LogP contribution is 2.32. The van der Waals surface area contributed by atoms with E-state index >= 15 is 0 Å². The summed E-state index contributed by atoms with van der Waals surface area (Å²) in [7, 11) is 0. The van der Waals surface area contributed by atoms with E-state index in [1.165, 1.54) is 53.9 Å². The van der Waals surface area contributed by atoms with E-state index in [1.54, 1.807) is 42.5 Å². The predicted octanol–water partition coefficient (Wildman–Crippen LogP) is 8.85. The monoisotopic (exact) mass is 1040 g/mol. The fraction of sp³-hybridized carbons (Fsp3) is 0.145. The number of anilines is 1. The first-order chi connectivity index (χ1) is 36.3. The van der Waals surface area contributed by atoms with Crippen molar-refractivity contribution < 1.29 is 76.2 Å². The molecule has 0 unspecified atom stereocenters. The standard InChI is InChI=1S/C55H47N3O16S/c1-5-50(61)70-31-66-45-24-21-38(28-47(45)68-33-72-52(63)7-3)43(60)27-36-16-19-37(20-17-36)42(59)14-11-12-35-18-23-44(40(26-35)30-56-58-55-57-41-13-9-10-15-49(41)75-55)74-54(65)39-22-25-46(67-32-71-51(62)6-2)48(29-39)69-34-73-53(64)8-4/h5-10,13,15-26,28-30H,1-4,11-12,14,27,31-34H2,(H,57,58)/b56-30+. The van der Waals surface area contributed by atoms with Crippen LogP contribution >= 0.6 is 11.3 Å². The van der Waals surface area contributed by atoms with Crippen LogP contribution in [0.15, 0.2) is 159 Å². The largest absolute Gasteiger partial charge is 0.453 e. The number of Topliss-reactive ketones (excluding diaryl/α,β-unsaturated/α-hetero) is 2. The van der Waals surface area contributed by atoms with Crippen LogP contribution in [0.25, 0.3) is 10.2 Å². The van der Waals surface area contributed by atoms with E-state index in [9.17, 15) is 33.6 Å². The Hall–Kier alpha value is -9.69. The van der Waals surface area contributed by atoms with Crippen molar-refractivity contribution in [3.63, 3.8) is 0 Å². The number of aromatic nitrogens is 1. The van der Waals surface area contributed by atoms with Gasteiger partial charge in [0.1, 0.15) is 5.75 Å². The van der Waals surface area contributed by atoms with E-state index in [-0.39, 0.29) is 64.3 Å². The summed E-state index contributed by atoms with van der Waals surface area (Å²) in [5, 5.41) is 4.92. The molecule has 6 rings (SSSR count). The summed E-state index contributed by atoms with van der Waals surface area (Å²) in [6, 6.07) is 27.8. The van der Waals surface area contributed by atoms with Gasteiger partial charge < -0.3 is 42.6 Å². The molecule has 0 aliphatic carbocycles. The number of nitrogens with zero attached hydrogens (tertiary/aromatic N) is 2. The van der Waals surface area contributed by atoms with Crippen molar-refractivity contribution in [2.24, 2.45) is 5.10 Å². The molecule has 0 saturated carbocycles. The first-order valence-electron chi connectivity index (χ1n) is 22.5. The van der Waals surface area contributed by atoms with E-state index < -0.39 is 57.0 Å². The lowest BCUT2D eigenvalue weighted by molar-refractivity contribution is -0.146. The Morgan fingerprint density at radius 2 is 1.05 bits per heavy atom. The zero-order chi connectivity index (χ0) is 53.5. The van der Waals surface area contributed by atoms with Crippen LogP contribution in [0.3, 0.4) is 0 Å². The zero-order valence-electron chi connectivity index (χ0n) is 40.0. The highest BCUT2D eigenvalue weighted by molar-refractivity contribution is 7.22. The number of carbonyl (C=O) groups excluding carboxylic acids is 7. The lowest BCUT2D eigenvalue weighted by atomic mass is 9.98. The van der Waals surface area contributed by atoms with Gasteiger partial charge in [-0.25, -0.2) is 29.0 Å². The van der Waals surface area contributed by atoms with E-state index in [4.69, 9.17) is 42.6 Å². The molecule has 75 heavy (non-hydrogen) atoms. The number of hydrazone groups is 1. The van der Waals surface area contributed by atoms with Crippen molar-refractivity contribution in [1.29, 1.82) is 0 Å². The molecular weight excluding hydrogens is 991 g/mol. The molecule has 0 fully saturated rings. The van der Waals surface area contributed by atoms with Gasteiger partial charge in [0.05, 0.1) is 22.0 Å². The summed E-state index contributed by atoms with van der Waals surface area (Å²) in [6.45, 7) is 11.3. The second-order valence-electron chi connectivity index (χ2n) is 15.2. The Labute approximate surface area is 433 Å². The topological polar surface area (TPSA) is 240 Å². The summed E-state index contributed by atoms with van der Waals surface area (Å²) < 4.78 is 48.4. The Balaban J connectivity index is 1.11. The fourth-order valence-corrected chi connectivity index (χ4v) is 7.31. The van der Waals surface area contributed by atoms with Crippen LogP contribution in [0, 0.1) is 0 Å². The van der Waals surface area contributed by atoms with Crippen LogP contribution in [0.1, 0.15) is 60.6 Å². The summed E-state index contributed by atoms with van der Waals surface area (Å²) in [5.74, 6) is -3.85. The van der Waals surface area contributed by atoms with Crippen molar-refractivity contribution in [3.8, 4) is 28.7 Å². The first kappa shape index (κ1) is 54.6. The maximum absolute atomic E-state index is 13.7. The van der Waals surface area contributed by atoms with Gasteiger partial charge in [-0.2, -0.15) is 5.10 Å². The lowest BCUT2D eigenvalue weighted by Crippen LogP contribution is -2.13. The maximum Gasteiger partial charge on any atom is 0.343 e. The van der Waals surface area contributed by atoms with Crippen LogP contribution in [-0.4, -0.2) is 79.8 Å². The molecule has 0 aliphatic rings. The molecule has 5 aromatic carbocycles. The van der Waals surface area contributed by atoms with Crippen LogP contribution in [0.2, 0.25) is 0 Å². The number of benzene rings is 5. The number of hydrogen-bond acceptors (Lipinski definition) is 20. The van der Waals surface area contributed by atoms with Gasteiger partial charge in [0, 0.05) is 53.8 Å². The number of esters is 5. The van der Waals surface area contributed by atoms with Crippen molar-refractivity contribution in [3.05, 3.63) is 187 Å². The molecule has 1 aromatic heterocycles. The average molecular weight is 1040 g/mol. The molecule has 384 valence electrons. The third-order valence-corrected chi connectivity index (χ3v) is 11.2. The van der Waals surface area contributed by atoms with E-state index in [0.717, 1.165) is 40.1 Å². The number of carbonyl (C=O) groups is 7. The fourth-order valence-electron chi connectivity index (χ4n) is 6.50. The highest BCUT2D eigenvalue weighted by Gasteiger charge is 2.19. The molecule has 0 atom stereocenters. The molecule has 1 N–H and O–H groups in total. The number of aryl methyl sites for hydroxylation is 1. The number of nitrogens with one attached hydrogen (secondary N) is 1. The van der Waals surface area contributed by atoms with Gasteiger partial charge in [0.2, 0.25) is 32.3 Å². The van der Waals surface area contributed by atoms with Gasteiger partial charge in [-0.05, 0) is 84.6 Å². The van der Waals surface area contributed by atoms with Crippen LogP contribution < -0.4 is 29.1 Å². The quantitative estimate of drug-likeness (QED) is 0.00674. The van der Waals surface area contributed by atoms with Crippen LogP contribution in [-0.2, 0) is 51.0 Å². The van der Waals surface area contributed by atoms with Crippen molar-refractivity contribution in [1.82, 2.24) is 4.98 Å². The third kappa shape index (κ3) is 16.7. The van der Waals surface area contributed by atoms with Crippen LogP contribution in [0.4, 0.5) is 5.13 Å². The van der Waals surface area contributed by atoms with Gasteiger partial charge in [-0.15, -0.1) is 0 Å². The summed E-state index contributed by atoms with van der Waals surface area (Å²) >= 11 is 1.40. The molecule has 0 saturated heterocycles. The van der Waals surface area contributed by atoms with E-state index in [1.807, 2.05) is 24.3 Å². The molecule has 0 amide bonds. The Bertz CT molecular complexity index is 3110. The van der Waals surface area contributed by atoms with Gasteiger partial charge >= 0.3 is 29.8 Å². The minimum Gasteiger partial charge on any atom is -0.453 e. The molecule has 20 heteroatoms. The number of ether oxygens (including phenoxy) is 9. The molecule has 0 spiro atoms. The molecule has 1 heterocycles. The summed E-state index contributed by atoms with van der Waals surface area (Å²) in [6.07, 6.45) is 6.40. The highest BCUT2D eigenvalue weighted by atomic mass is 32.1. The van der Waals surface area contributed by atoms with E-state index in [0.29, 0.717) is 34.7 Å². The molecular formula is C55H47N3O16S. The summed E-state index contributed by atoms with van der Waals surface area (Å²) in [4.78, 5) is 91.1. The SMILES string of the molecule is C=CC(=O)OCOc1ccc(C(=O)Cc2ccc(C(=O)CCCc3ccc(OC(=O)c4ccc(OCOC(=O)C=C)c(OCOC(=O)C=C)c4)c(/C=N/Nc4nc5ccccc5s4)c3)cc2)cc1OCOC(=O)C=C. The Morgan fingerprint density at radius 1 is 0.547 bits per heavy atom. The smallest absolute Gasteiger partial charge is 0.343 e. The number of rotatable bonds is 29. The first-order valence-corrected chi connectivity index (χ1v) is 23.3. The number of fused-ring (bicyclic) bond motifs is 1. The van der Waals surface area contributed by atoms with Crippen molar-refractivity contribution in [2.45, 2.75) is 25.7 Å². The number of hydrogen-bond donors (Lipinski definition) is 1. The second-order valence-corrected chi connectivity index (χ2v) is 16.3. The van der Waals surface area contributed by atoms with Crippen molar-refractivity contribution in [2.75, 3.05) is 32.6 Å². The normalized spacial score (nSPS) is 10.6.